The number of benzene rings is 2. The van der Waals surface area contributed by atoms with Gasteiger partial charge < -0.3 is 4.42 Å². The molecule has 152 valence electrons. The fraction of sp³-hybridized carbons (Fsp3) is 0.240. The van der Waals surface area contributed by atoms with E-state index >= 15 is 0 Å². The molecule has 0 aliphatic rings. The lowest BCUT2D eigenvalue weighted by atomic mass is 10.0. The molecule has 0 atom stereocenters. The first kappa shape index (κ1) is 20.2. The first-order chi connectivity index (χ1) is 14.5. The number of ketones is 2. The van der Waals surface area contributed by atoms with Gasteiger partial charge in [0.25, 0.3) is 0 Å². The number of carbonyl (C=O) groups excluding carboxylic acids is 2. The highest BCUT2D eigenvalue weighted by Gasteiger charge is 2.14. The van der Waals surface area contributed by atoms with Crippen molar-refractivity contribution in [1.29, 1.82) is 0 Å². The van der Waals surface area contributed by atoms with Crippen molar-refractivity contribution in [2.75, 3.05) is 0 Å². The number of thiazole rings is 1. The molecule has 0 bridgehead atoms. The normalized spacial score (nSPS) is 11.1. The summed E-state index contributed by atoms with van der Waals surface area (Å²) in [5.41, 5.74) is 5.83. The Labute approximate surface area is 179 Å². The molecule has 0 saturated carbocycles. The van der Waals surface area contributed by atoms with Gasteiger partial charge in [-0.1, -0.05) is 43.3 Å². The SMILES string of the molecule is CCc1ccc2c(CC(=O)Cc3nc(-c4ccc(CC(C)=O)cc4)cs3)coc2c1. The van der Waals surface area contributed by atoms with Crippen LogP contribution in [0.25, 0.3) is 22.2 Å². The monoisotopic (exact) mass is 417 g/mol. The summed E-state index contributed by atoms with van der Waals surface area (Å²) < 4.78 is 5.65. The molecule has 0 amide bonds. The van der Waals surface area contributed by atoms with Crippen molar-refractivity contribution in [3.63, 3.8) is 0 Å². The Bertz CT molecular complexity index is 1200. The van der Waals surface area contributed by atoms with E-state index in [-0.39, 0.29) is 11.6 Å². The zero-order valence-electron chi connectivity index (χ0n) is 17.1. The Kier molecular flexibility index (Phi) is 5.91. The highest BCUT2D eigenvalue weighted by atomic mass is 32.1. The summed E-state index contributed by atoms with van der Waals surface area (Å²) >= 11 is 1.50. The van der Waals surface area contributed by atoms with Gasteiger partial charge in [-0.05, 0) is 30.5 Å². The van der Waals surface area contributed by atoms with E-state index in [1.54, 1.807) is 13.2 Å². The maximum absolute atomic E-state index is 12.6. The van der Waals surface area contributed by atoms with Crippen molar-refractivity contribution in [2.45, 2.75) is 39.5 Å². The summed E-state index contributed by atoms with van der Waals surface area (Å²) in [5.74, 6) is 0.267. The van der Waals surface area contributed by atoms with Crippen molar-refractivity contribution in [3.05, 3.63) is 75.8 Å². The van der Waals surface area contributed by atoms with Crippen molar-refractivity contribution in [3.8, 4) is 11.3 Å². The second-order valence-electron chi connectivity index (χ2n) is 7.54. The minimum atomic E-state index is 0.120. The topological polar surface area (TPSA) is 60.2 Å². The van der Waals surface area contributed by atoms with Gasteiger partial charge in [-0.15, -0.1) is 11.3 Å². The molecule has 5 heteroatoms. The average molecular weight is 418 g/mol. The predicted octanol–water partition coefficient (Wildman–Crippen LogP) is 5.60. The molecule has 0 saturated heterocycles. The van der Waals surface area contributed by atoms with E-state index in [2.05, 4.69) is 18.0 Å². The Morgan fingerprint density at radius 3 is 2.50 bits per heavy atom. The largest absolute Gasteiger partial charge is 0.464 e. The number of aryl methyl sites for hydroxylation is 1. The summed E-state index contributed by atoms with van der Waals surface area (Å²) in [6, 6.07) is 14.0. The molecule has 2 aromatic heterocycles. The van der Waals surface area contributed by atoms with E-state index < -0.39 is 0 Å². The Balaban J connectivity index is 1.42. The van der Waals surface area contributed by atoms with E-state index in [4.69, 9.17) is 4.42 Å². The van der Waals surface area contributed by atoms with Gasteiger partial charge in [0.05, 0.1) is 18.4 Å². The van der Waals surface area contributed by atoms with Crippen LogP contribution in [0.4, 0.5) is 0 Å². The quantitative estimate of drug-likeness (QED) is 0.374. The lowest BCUT2D eigenvalue weighted by Gasteiger charge is -2.01. The smallest absolute Gasteiger partial charge is 0.144 e. The Morgan fingerprint density at radius 2 is 1.77 bits per heavy atom. The van der Waals surface area contributed by atoms with E-state index in [1.807, 2.05) is 41.8 Å². The van der Waals surface area contributed by atoms with Gasteiger partial charge in [0.15, 0.2) is 0 Å². The third kappa shape index (κ3) is 4.57. The number of hydrogen-bond acceptors (Lipinski definition) is 5. The number of fused-ring (bicyclic) bond motifs is 1. The number of hydrogen-bond donors (Lipinski definition) is 0. The Hall–Kier alpha value is -3.05. The highest BCUT2D eigenvalue weighted by Crippen LogP contribution is 2.25. The second-order valence-corrected chi connectivity index (χ2v) is 8.48. The van der Waals surface area contributed by atoms with Crippen LogP contribution < -0.4 is 0 Å². The fourth-order valence-electron chi connectivity index (χ4n) is 3.53. The molecule has 0 aliphatic carbocycles. The minimum Gasteiger partial charge on any atom is -0.464 e. The molecule has 4 nitrogen and oxygen atoms in total. The van der Waals surface area contributed by atoms with Crippen molar-refractivity contribution < 1.29 is 14.0 Å². The summed E-state index contributed by atoms with van der Waals surface area (Å²) in [5, 5.41) is 3.79. The molecule has 2 heterocycles. The number of nitrogens with zero attached hydrogens (tertiary/aromatic N) is 1. The Morgan fingerprint density at radius 1 is 1.00 bits per heavy atom. The number of aromatic nitrogens is 1. The van der Waals surface area contributed by atoms with Gasteiger partial charge in [-0.3, -0.25) is 9.59 Å². The molecule has 0 spiro atoms. The zero-order valence-corrected chi connectivity index (χ0v) is 17.9. The van der Waals surface area contributed by atoms with Crippen LogP contribution in [-0.2, 0) is 35.3 Å². The van der Waals surface area contributed by atoms with E-state index in [9.17, 15) is 9.59 Å². The third-order valence-corrected chi connectivity index (χ3v) is 5.97. The average Bonchev–Trinajstić information content (AvgIpc) is 3.35. The maximum atomic E-state index is 12.6. The third-order valence-electron chi connectivity index (χ3n) is 5.12. The minimum absolute atomic E-state index is 0.120. The van der Waals surface area contributed by atoms with E-state index in [0.29, 0.717) is 19.3 Å². The molecule has 0 aliphatic heterocycles. The molecular formula is C25H23NO3S. The molecule has 2 aromatic carbocycles. The molecule has 30 heavy (non-hydrogen) atoms. The van der Waals surface area contributed by atoms with Crippen LogP contribution in [0, 0.1) is 0 Å². The molecular weight excluding hydrogens is 394 g/mol. The van der Waals surface area contributed by atoms with Gasteiger partial charge in [-0.2, -0.15) is 0 Å². The molecule has 4 rings (SSSR count). The maximum Gasteiger partial charge on any atom is 0.144 e. The van der Waals surface area contributed by atoms with Crippen LogP contribution in [0.5, 0.6) is 0 Å². The van der Waals surface area contributed by atoms with Crippen LogP contribution in [0.1, 0.15) is 35.5 Å². The molecule has 4 aromatic rings. The van der Waals surface area contributed by atoms with E-state index in [1.165, 1.54) is 16.9 Å². The first-order valence-electron chi connectivity index (χ1n) is 10.1. The summed E-state index contributed by atoms with van der Waals surface area (Å²) in [6.07, 6.45) is 3.74. The first-order valence-corrected chi connectivity index (χ1v) is 10.9. The van der Waals surface area contributed by atoms with Crippen LogP contribution in [-0.4, -0.2) is 16.6 Å². The lowest BCUT2D eigenvalue weighted by Crippen LogP contribution is -2.06. The van der Waals surface area contributed by atoms with Crippen LogP contribution >= 0.6 is 11.3 Å². The van der Waals surface area contributed by atoms with Crippen LogP contribution in [0.15, 0.2) is 58.5 Å². The van der Waals surface area contributed by atoms with Crippen molar-refractivity contribution in [1.82, 2.24) is 4.98 Å². The van der Waals surface area contributed by atoms with Gasteiger partial charge in [0.2, 0.25) is 0 Å². The van der Waals surface area contributed by atoms with E-state index in [0.717, 1.165) is 44.8 Å². The van der Waals surface area contributed by atoms with Gasteiger partial charge in [0.1, 0.15) is 22.2 Å². The van der Waals surface area contributed by atoms with Gasteiger partial charge >= 0.3 is 0 Å². The molecule has 0 radical (unpaired) electrons. The lowest BCUT2D eigenvalue weighted by molar-refractivity contribution is -0.118. The number of furan rings is 1. The van der Waals surface area contributed by atoms with Crippen LogP contribution in [0.2, 0.25) is 0 Å². The zero-order chi connectivity index (χ0) is 21.1. The molecule has 0 fully saturated rings. The molecule has 0 unspecified atom stereocenters. The molecule has 0 N–H and O–H groups in total. The van der Waals surface area contributed by atoms with Crippen molar-refractivity contribution >= 4 is 33.9 Å². The fourth-order valence-corrected chi connectivity index (χ4v) is 4.37. The number of carbonyl (C=O) groups is 2. The standard InChI is InChI=1S/C25H23NO3S/c1-3-17-6-9-22-20(14-29-24(22)11-17)12-21(28)13-25-26-23(15-30-25)19-7-4-18(5-8-19)10-16(2)27/h4-9,11,14-15H,3,10,12-13H2,1-2H3. The van der Waals surface area contributed by atoms with Crippen LogP contribution in [0.3, 0.4) is 0 Å². The summed E-state index contributed by atoms with van der Waals surface area (Å²) in [4.78, 5) is 28.5. The second kappa shape index (κ2) is 8.76. The summed E-state index contributed by atoms with van der Waals surface area (Å²) in [7, 11) is 0. The number of rotatable bonds is 8. The van der Waals surface area contributed by atoms with Gasteiger partial charge in [0, 0.05) is 34.7 Å². The van der Waals surface area contributed by atoms with Crippen molar-refractivity contribution in [2.24, 2.45) is 0 Å². The predicted molar refractivity (Wildman–Crippen MR) is 120 cm³/mol. The van der Waals surface area contributed by atoms with Gasteiger partial charge in [-0.25, -0.2) is 4.98 Å². The summed E-state index contributed by atoms with van der Waals surface area (Å²) in [6.45, 7) is 3.70. The number of Topliss-reactive ketones (excluding diaryl/α,β-unsaturated/α-hetero) is 2. The highest BCUT2D eigenvalue weighted by molar-refractivity contribution is 7.10.